The number of benzene rings is 1. The molecule has 0 amide bonds. The highest BCUT2D eigenvalue weighted by Gasteiger charge is 1.99. The molecule has 0 unspecified atom stereocenters. The second-order valence-corrected chi connectivity index (χ2v) is 4.52. The first-order valence-corrected chi connectivity index (χ1v) is 5.72. The minimum atomic E-state index is 0.549. The molecule has 0 aliphatic carbocycles. The van der Waals surface area contributed by atoms with Gasteiger partial charge in [-0.3, -0.25) is 0 Å². The van der Waals surface area contributed by atoms with E-state index < -0.39 is 0 Å². The number of aromatic nitrogens is 1. The van der Waals surface area contributed by atoms with E-state index in [4.69, 9.17) is 4.74 Å². The molecule has 0 atom stereocenters. The molecule has 0 radical (unpaired) electrons. The predicted octanol–water partition coefficient (Wildman–Crippen LogP) is 3.34. The van der Waals surface area contributed by atoms with E-state index in [9.17, 15) is 0 Å². The summed E-state index contributed by atoms with van der Waals surface area (Å²) in [5.74, 6) is 0.895. The Balaban J connectivity index is 1.96. The van der Waals surface area contributed by atoms with Gasteiger partial charge in [-0.25, -0.2) is 4.98 Å². The van der Waals surface area contributed by atoms with Gasteiger partial charge in [-0.2, -0.15) is 0 Å². The molecule has 2 nitrogen and oxygen atoms in total. The largest absolute Gasteiger partial charge is 0.487 e. The summed E-state index contributed by atoms with van der Waals surface area (Å²) in [6.45, 7) is 4.61. The second kappa shape index (κ2) is 4.45. The van der Waals surface area contributed by atoms with E-state index in [-0.39, 0.29) is 0 Å². The normalized spacial score (nSPS) is 10.3. The molecule has 2 aromatic rings. The van der Waals surface area contributed by atoms with Crippen LogP contribution >= 0.6 is 11.3 Å². The minimum absolute atomic E-state index is 0.549. The van der Waals surface area contributed by atoms with Crippen molar-refractivity contribution in [1.29, 1.82) is 0 Å². The van der Waals surface area contributed by atoms with Crippen molar-refractivity contribution in [2.24, 2.45) is 0 Å². The number of hydrogen-bond acceptors (Lipinski definition) is 3. The third-order valence-electron chi connectivity index (χ3n) is 2.07. The predicted molar refractivity (Wildman–Crippen MR) is 62.4 cm³/mol. The molecule has 1 heterocycles. The lowest BCUT2D eigenvalue weighted by atomic mass is 10.2. The average molecular weight is 219 g/mol. The van der Waals surface area contributed by atoms with Crippen LogP contribution in [0.5, 0.6) is 5.75 Å². The van der Waals surface area contributed by atoms with E-state index in [1.165, 1.54) is 5.56 Å². The summed E-state index contributed by atoms with van der Waals surface area (Å²) in [6, 6.07) is 8.05. The molecule has 1 aromatic carbocycles. The summed E-state index contributed by atoms with van der Waals surface area (Å²) in [4.78, 5) is 4.34. The maximum Gasteiger partial charge on any atom is 0.131 e. The Labute approximate surface area is 93.6 Å². The quantitative estimate of drug-likeness (QED) is 0.790. The molecule has 0 fully saturated rings. The van der Waals surface area contributed by atoms with Gasteiger partial charge in [0.25, 0.3) is 0 Å². The average Bonchev–Trinajstić information content (AvgIpc) is 2.64. The zero-order valence-corrected chi connectivity index (χ0v) is 9.67. The Kier molecular flexibility index (Phi) is 3.02. The first-order chi connectivity index (χ1) is 7.24. The molecule has 0 saturated heterocycles. The summed E-state index contributed by atoms with van der Waals surface area (Å²) in [5, 5.41) is 3.11. The molecule has 0 aliphatic heterocycles. The van der Waals surface area contributed by atoms with Crippen LogP contribution in [-0.2, 0) is 6.61 Å². The molecule has 0 aliphatic rings. The van der Waals surface area contributed by atoms with Gasteiger partial charge in [0.05, 0.1) is 10.7 Å². The van der Waals surface area contributed by atoms with Gasteiger partial charge in [-0.05, 0) is 26.0 Å². The lowest BCUT2D eigenvalue weighted by Crippen LogP contribution is -1.95. The summed E-state index contributed by atoms with van der Waals surface area (Å²) in [5.41, 5.74) is 2.24. The highest BCUT2D eigenvalue weighted by atomic mass is 32.1. The van der Waals surface area contributed by atoms with E-state index in [1.54, 1.807) is 11.3 Å². The number of rotatable bonds is 3. The molecule has 15 heavy (non-hydrogen) atoms. The van der Waals surface area contributed by atoms with Gasteiger partial charge in [-0.15, -0.1) is 11.3 Å². The molecule has 3 heteroatoms. The van der Waals surface area contributed by atoms with Crippen LogP contribution in [-0.4, -0.2) is 4.98 Å². The molecule has 0 bridgehead atoms. The Bertz CT molecular complexity index is 433. The third kappa shape index (κ3) is 2.80. The van der Waals surface area contributed by atoms with Crippen LogP contribution in [0.15, 0.2) is 29.6 Å². The lowest BCUT2D eigenvalue weighted by molar-refractivity contribution is 0.302. The summed E-state index contributed by atoms with van der Waals surface area (Å²) < 4.78 is 5.60. The molecule has 78 valence electrons. The Hall–Kier alpha value is -1.35. The fraction of sp³-hybridized carbons (Fsp3) is 0.250. The Morgan fingerprint density at radius 2 is 1.93 bits per heavy atom. The number of nitrogens with zero attached hydrogens (tertiary/aromatic N) is 1. The molecule has 0 N–H and O–H groups in total. The van der Waals surface area contributed by atoms with Crippen LogP contribution < -0.4 is 4.74 Å². The van der Waals surface area contributed by atoms with Crippen molar-refractivity contribution >= 4 is 11.3 Å². The first-order valence-electron chi connectivity index (χ1n) is 4.84. The van der Waals surface area contributed by atoms with Crippen LogP contribution in [0.2, 0.25) is 0 Å². The van der Waals surface area contributed by atoms with Crippen LogP contribution in [0.4, 0.5) is 0 Å². The number of ether oxygens (including phenoxy) is 1. The SMILES string of the molecule is Cc1ccc(OCc2csc(C)n2)cc1. The molecule has 0 saturated carbocycles. The highest BCUT2D eigenvalue weighted by Crippen LogP contribution is 2.14. The lowest BCUT2D eigenvalue weighted by Gasteiger charge is -2.03. The van der Waals surface area contributed by atoms with Crippen molar-refractivity contribution in [2.75, 3.05) is 0 Å². The summed E-state index contributed by atoms with van der Waals surface area (Å²) in [6.07, 6.45) is 0. The summed E-state index contributed by atoms with van der Waals surface area (Å²) >= 11 is 1.65. The Morgan fingerprint density at radius 3 is 2.53 bits per heavy atom. The van der Waals surface area contributed by atoms with Gasteiger partial charge in [-0.1, -0.05) is 17.7 Å². The fourth-order valence-corrected chi connectivity index (χ4v) is 1.86. The topological polar surface area (TPSA) is 22.1 Å². The van der Waals surface area contributed by atoms with Crippen LogP contribution in [0.25, 0.3) is 0 Å². The van der Waals surface area contributed by atoms with E-state index in [0.717, 1.165) is 16.5 Å². The maximum atomic E-state index is 5.60. The maximum absolute atomic E-state index is 5.60. The van der Waals surface area contributed by atoms with Gasteiger partial charge in [0.15, 0.2) is 0 Å². The van der Waals surface area contributed by atoms with E-state index in [2.05, 4.69) is 11.9 Å². The molecular formula is C12H13NOS. The molecule has 0 spiro atoms. The van der Waals surface area contributed by atoms with Gasteiger partial charge in [0.2, 0.25) is 0 Å². The van der Waals surface area contributed by atoms with Crippen molar-refractivity contribution in [3.63, 3.8) is 0 Å². The number of thiazole rings is 1. The van der Waals surface area contributed by atoms with Gasteiger partial charge < -0.3 is 4.74 Å². The molecule has 1 aromatic heterocycles. The zero-order chi connectivity index (χ0) is 10.7. The standard InChI is InChI=1S/C12H13NOS/c1-9-3-5-12(6-4-9)14-7-11-8-15-10(2)13-11/h3-6,8H,7H2,1-2H3. The monoisotopic (exact) mass is 219 g/mol. The van der Waals surface area contributed by atoms with Crippen molar-refractivity contribution in [3.05, 3.63) is 45.9 Å². The van der Waals surface area contributed by atoms with Crippen molar-refractivity contribution in [1.82, 2.24) is 4.98 Å². The van der Waals surface area contributed by atoms with Gasteiger partial charge in [0.1, 0.15) is 12.4 Å². The molecule has 2 rings (SSSR count). The highest BCUT2D eigenvalue weighted by molar-refractivity contribution is 7.09. The third-order valence-corrected chi connectivity index (χ3v) is 2.90. The van der Waals surface area contributed by atoms with E-state index in [1.807, 2.05) is 36.6 Å². The first kappa shape index (κ1) is 10.2. The smallest absolute Gasteiger partial charge is 0.131 e. The molecular weight excluding hydrogens is 206 g/mol. The Morgan fingerprint density at radius 1 is 1.20 bits per heavy atom. The minimum Gasteiger partial charge on any atom is -0.487 e. The zero-order valence-electron chi connectivity index (χ0n) is 8.86. The van der Waals surface area contributed by atoms with Crippen LogP contribution in [0.1, 0.15) is 16.3 Å². The van der Waals surface area contributed by atoms with Crippen molar-refractivity contribution in [2.45, 2.75) is 20.5 Å². The van der Waals surface area contributed by atoms with Crippen molar-refractivity contribution < 1.29 is 4.74 Å². The van der Waals surface area contributed by atoms with Crippen LogP contribution in [0.3, 0.4) is 0 Å². The fourth-order valence-electron chi connectivity index (χ4n) is 1.27. The number of hydrogen-bond donors (Lipinski definition) is 0. The van der Waals surface area contributed by atoms with Crippen molar-refractivity contribution in [3.8, 4) is 5.75 Å². The van der Waals surface area contributed by atoms with Gasteiger partial charge >= 0.3 is 0 Å². The van der Waals surface area contributed by atoms with E-state index >= 15 is 0 Å². The van der Waals surface area contributed by atoms with E-state index in [0.29, 0.717) is 6.61 Å². The number of aryl methyl sites for hydroxylation is 2. The van der Waals surface area contributed by atoms with Crippen LogP contribution in [0, 0.1) is 13.8 Å². The summed E-state index contributed by atoms with van der Waals surface area (Å²) in [7, 11) is 0. The van der Waals surface area contributed by atoms with Gasteiger partial charge in [0, 0.05) is 5.38 Å². The second-order valence-electron chi connectivity index (χ2n) is 3.46.